The van der Waals surface area contributed by atoms with Crippen LogP contribution in [0.1, 0.15) is 35.0 Å². The molecule has 0 radical (unpaired) electrons. The molecule has 1 amide bonds. The first-order valence-electron chi connectivity index (χ1n) is 7.44. The molecule has 2 heterocycles. The van der Waals surface area contributed by atoms with Crippen LogP contribution in [-0.4, -0.2) is 38.1 Å². The topological polar surface area (TPSA) is 85.0 Å². The number of fused-ring (bicyclic) bond motifs is 1. The zero-order valence-electron chi connectivity index (χ0n) is 13.1. The maximum absolute atomic E-state index is 12.7. The predicted octanol–water partition coefficient (Wildman–Crippen LogP) is 2.24. The molecule has 3 aromatic rings. The SMILES string of the molecule is CCCc1ncncc1C(=O)N(C)Cc1ccc2nonc2c1. The molecule has 118 valence electrons. The molecular weight excluding hydrogens is 294 g/mol. The first kappa shape index (κ1) is 15.1. The summed E-state index contributed by atoms with van der Waals surface area (Å²) in [5, 5.41) is 7.59. The fourth-order valence-electron chi connectivity index (χ4n) is 2.45. The molecule has 1 aromatic carbocycles. The number of nitrogens with zero attached hydrogens (tertiary/aromatic N) is 5. The summed E-state index contributed by atoms with van der Waals surface area (Å²) in [6.07, 6.45) is 4.75. The van der Waals surface area contributed by atoms with Crippen molar-refractivity contribution in [1.29, 1.82) is 0 Å². The molecule has 0 aliphatic heterocycles. The van der Waals surface area contributed by atoms with Gasteiger partial charge in [-0.1, -0.05) is 19.4 Å². The van der Waals surface area contributed by atoms with Crippen molar-refractivity contribution in [2.24, 2.45) is 0 Å². The van der Waals surface area contributed by atoms with E-state index in [2.05, 4.69) is 31.8 Å². The summed E-state index contributed by atoms with van der Waals surface area (Å²) in [6, 6.07) is 5.60. The van der Waals surface area contributed by atoms with E-state index in [9.17, 15) is 4.79 Å². The molecule has 0 unspecified atom stereocenters. The summed E-state index contributed by atoms with van der Waals surface area (Å²) in [4.78, 5) is 22.5. The Morgan fingerprint density at radius 3 is 2.91 bits per heavy atom. The number of rotatable bonds is 5. The number of amides is 1. The van der Waals surface area contributed by atoms with Crippen LogP contribution in [0.3, 0.4) is 0 Å². The lowest BCUT2D eigenvalue weighted by Gasteiger charge is -2.18. The fourth-order valence-corrected chi connectivity index (χ4v) is 2.45. The third-order valence-electron chi connectivity index (χ3n) is 3.60. The Balaban J connectivity index is 1.79. The van der Waals surface area contributed by atoms with Gasteiger partial charge < -0.3 is 4.90 Å². The average Bonchev–Trinajstić information content (AvgIpc) is 3.02. The van der Waals surface area contributed by atoms with Crippen LogP contribution in [0, 0.1) is 0 Å². The van der Waals surface area contributed by atoms with E-state index < -0.39 is 0 Å². The largest absolute Gasteiger partial charge is 0.337 e. The molecule has 2 aromatic heterocycles. The van der Waals surface area contributed by atoms with Gasteiger partial charge in [-0.2, -0.15) is 0 Å². The predicted molar refractivity (Wildman–Crippen MR) is 83.6 cm³/mol. The zero-order chi connectivity index (χ0) is 16.2. The Kier molecular flexibility index (Phi) is 4.27. The molecule has 0 atom stereocenters. The standard InChI is InChI=1S/C16H17N5O2/c1-3-4-13-12(8-17-10-18-13)16(22)21(2)9-11-5-6-14-15(7-11)20-23-19-14/h5-8,10H,3-4,9H2,1-2H3. The van der Waals surface area contributed by atoms with Crippen molar-refractivity contribution in [3.63, 3.8) is 0 Å². The minimum Gasteiger partial charge on any atom is -0.337 e. The average molecular weight is 311 g/mol. The molecule has 0 aliphatic carbocycles. The molecule has 3 rings (SSSR count). The van der Waals surface area contributed by atoms with Crippen molar-refractivity contribution in [2.75, 3.05) is 7.05 Å². The Morgan fingerprint density at radius 2 is 2.09 bits per heavy atom. The van der Waals surface area contributed by atoms with Gasteiger partial charge in [0.1, 0.15) is 17.4 Å². The number of aromatic nitrogens is 4. The van der Waals surface area contributed by atoms with Crippen LogP contribution >= 0.6 is 0 Å². The lowest BCUT2D eigenvalue weighted by Crippen LogP contribution is -2.27. The van der Waals surface area contributed by atoms with Crippen LogP contribution < -0.4 is 0 Å². The third kappa shape index (κ3) is 3.18. The highest BCUT2D eigenvalue weighted by molar-refractivity contribution is 5.94. The molecule has 0 saturated carbocycles. The molecule has 0 spiro atoms. The van der Waals surface area contributed by atoms with Crippen molar-refractivity contribution >= 4 is 16.9 Å². The Labute approximate surface area is 133 Å². The van der Waals surface area contributed by atoms with Crippen molar-refractivity contribution in [2.45, 2.75) is 26.3 Å². The van der Waals surface area contributed by atoms with E-state index in [1.54, 1.807) is 18.1 Å². The van der Waals surface area contributed by atoms with Gasteiger partial charge in [-0.05, 0) is 34.4 Å². The number of carbonyl (C=O) groups is 1. The number of hydrogen-bond donors (Lipinski definition) is 0. The van der Waals surface area contributed by atoms with Crippen LogP contribution in [0.4, 0.5) is 0 Å². The van der Waals surface area contributed by atoms with Gasteiger partial charge in [0.2, 0.25) is 0 Å². The molecule has 0 bridgehead atoms. The van der Waals surface area contributed by atoms with E-state index in [1.807, 2.05) is 18.2 Å². The summed E-state index contributed by atoms with van der Waals surface area (Å²) in [6.45, 7) is 2.52. The molecule has 7 heteroatoms. The summed E-state index contributed by atoms with van der Waals surface area (Å²) in [5.74, 6) is -0.0903. The minimum absolute atomic E-state index is 0.0903. The van der Waals surface area contributed by atoms with Gasteiger partial charge in [-0.25, -0.2) is 14.6 Å². The van der Waals surface area contributed by atoms with Gasteiger partial charge in [0.15, 0.2) is 0 Å². The minimum atomic E-state index is -0.0903. The van der Waals surface area contributed by atoms with Crippen molar-refractivity contribution in [1.82, 2.24) is 25.2 Å². The number of hydrogen-bond acceptors (Lipinski definition) is 6. The molecule has 7 nitrogen and oxygen atoms in total. The highest BCUT2D eigenvalue weighted by Gasteiger charge is 2.17. The molecular formula is C16H17N5O2. The highest BCUT2D eigenvalue weighted by Crippen LogP contribution is 2.15. The fraction of sp³-hybridized carbons (Fsp3) is 0.312. The van der Waals surface area contributed by atoms with Gasteiger partial charge in [0.05, 0.1) is 11.3 Å². The van der Waals surface area contributed by atoms with Crippen LogP contribution in [0.15, 0.2) is 35.4 Å². The zero-order valence-corrected chi connectivity index (χ0v) is 13.1. The summed E-state index contributed by atoms with van der Waals surface area (Å²) < 4.78 is 4.69. The summed E-state index contributed by atoms with van der Waals surface area (Å²) in [7, 11) is 1.76. The van der Waals surface area contributed by atoms with Crippen molar-refractivity contribution in [3.05, 3.63) is 47.5 Å². The van der Waals surface area contributed by atoms with Crippen molar-refractivity contribution < 1.29 is 9.42 Å². The van der Waals surface area contributed by atoms with Crippen LogP contribution in [0.25, 0.3) is 11.0 Å². The molecule has 0 aliphatic rings. The second-order valence-corrected chi connectivity index (χ2v) is 5.38. The maximum Gasteiger partial charge on any atom is 0.257 e. The van der Waals surface area contributed by atoms with E-state index in [0.717, 1.165) is 24.1 Å². The number of carbonyl (C=O) groups excluding carboxylic acids is 1. The molecule has 0 fully saturated rings. The third-order valence-corrected chi connectivity index (χ3v) is 3.60. The first-order valence-corrected chi connectivity index (χ1v) is 7.44. The maximum atomic E-state index is 12.7. The van der Waals surface area contributed by atoms with Gasteiger partial charge in [-0.15, -0.1) is 0 Å². The van der Waals surface area contributed by atoms with E-state index >= 15 is 0 Å². The smallest absolute Gasteiger partial charge is 0.257 e. The van der Waals surface area contributed by atoms with Crippen molar-refractivity contribution in [3.8, 4) is 0 Å². The van der Waals surface area contributed by atoms with Gasteiger partial charge >= 0.3 is 0 Å². The second kappa shape index (κ2) is 6.51. The van der Waals surface area contributed by atoms with E-state index in [0.29, 0.717) is 23.1 Å². The number of benzene rings is 1. The second-order valence-electron chi connectivity index (χ2n) is 5.38. The highest BCUT2D eigenvalue weighted by atomic mass is 16.6. The molecule has 0 N–H and O–H groups in total. The van der Waals surface area contributed by atoms with Crippen LogP contribution in [0.5, 0.6) is 0 Å². The molecule has 23 heavy (non-hydrogen) atoms. The lowest BCUT2D eigenvalue weighted by atomic mass is 10.1. The van der Waals surface area contributed by atoms with Crippen LogP contribution in [0.2, 0.25) is 0 Å². The van der Waals surface area contributed by atoms with E-state index in [4.69, 9.17) is 0 Å². The molecule has 0 saturated heterocycles. The first-order chi connectivity index (χ1) is 11.2. The normalized spacial score (nSPS) is 10.9. The van der Waals surface area contributed by atoms with E-state index in [-0.39, 0.29) is 5.91 Å². The Hall–Kier alpha value is -2.83. The lowest BCUT2D eigenvalue weighted by molar-refractivity contribution is 0.0783. The Morgan fingerprint density at radius 1 is 1.26 bits per heavy atom. The van der Waals surface area contributed by atoms with Gasteiger partial charge in [0, 0.05) is 19.8 Å². The van der Waals surface area contributed by atoms with E-state index in [1.165, 1.54) is 6.33 Å². The van der Waals surface area contributed by atoms with Gasteiger partial charge in [-0.3, -0.25) is 4.79 Å². The monoisotopic (exact) mass is 311 g/mol. The Bertz CT molecular complexity index is 830. The van der Waals surface area contributed by atoms with Crippen LogP contribution in [-0.2, 0) is 13.0 Å². The van der Waals surface area contributed by atoms with Gasteiger partial charge in [0.25, 0.3) is 5.91 Å². The quantitative estimate of drug-likeness (QED) is 0.718. The summed E-state index contributed by atoms with van der Waals surface area (Å²) >= 11 is 0. The summed E-state index contributed by atoms with van der Waals surface area (Å²) in [5.41, 5.74) is 3.68. The number of aryl methyl sites for hydroxylation is 1.